The van der Waals surface area contributed by atoms with Crippen molar-refractivity contribution in [1.29, 1.82) is 0 Å². The summed E-state index contributed by atoms with van der Waals surface area (Å²) in [7, 11) is 2.11. The predicted octanol–water partition coefficient (Wildman–Crippen LogP) is 2.09. The number of nitrogens with one attached hydrogen (secondary N) is 1. The van der Waals surface area contributed by atoms with Crippen LogP contribution in [0.5, 0.6) is 5.75 Å². The van der Waals surface area contributed by atoms with Gasteiger partial charge in [0, 0.05) is 23.5 Å². The number of hydrogen-bond acceptors (Lipinski definition) is 5. The van der Waals surface area contributed by atoms with E-state index in [1.54, 1.807) is 12.1 Å². The van der Waals surface area contributed by atoms with Crippen LogP contribution in [0.1, 0.15) is 42.3 Å². The zero-order valence-electron chi connectivity index (χ0n) is 15.8. The van der Waals surface area contributed by atoms with E-state index in [0.717, 1.165) is 42.9 Å². The molecule has 0 radical (unpaired) electrons. The van der Waals surface area contributed by atoms with Crippen LogP contribution in [0.3, 0.4) is 0 Å². The van der Waals surface area contributed by atoms with Gasteiger partial charge < -0.3 is 20.1 Å². The van der Waals surface area contributed by atoms with E-state index in [0.29, 0.717) is 5.75 Å². The van der Waals surface area contributed by atoms with Gasteiger partial charge in [-0.05, 0) is 39.0 Å². The quantitative estimate of drug-likeness (QED) is 0.819. The number of carbonyl (C=O) groups excluding carboxylic acids is 1. The zero-order chi connectivity index (χ0) is 19.7. The summed E-state index contributed by atoms with van der Waals surface area (Å²) in [4.78, 5) is 25.7. The summed E-state index contributed by atoms with van der Waals surface area (Å²) in [6, 6.07) is 7.56. The summed E-state index contributed by atoms with van der Waals surface area (Å²) in [6.07, 6.45) is 4.08. The van der Waals surface area contributed by atoms with Gasteiger partial charge >= 0.3 is 5.97 Å². The van der Waals surface area contributed by atoms with Gasteiger partial charge in [0.15, 0.2) is 6.61 Å². The van der Waals surface area contributed by atoms with E-state index in [1.165, 1.54) is 0 Å². The molecule has 28 heavy (non-hydrogen) atoms. The first kappa shape index (κ1) is 18.5. The smallest absolute Gasteiger partial charge is 0.341 e. The lowest BCUT2D eigenvalue weighted by atomic mass is 9.86. The third-order valence-electron chi connectivity index (χ3n) is 5.53. The molecular formula is C20H24N4O4. The number of likely N-dealkylation sites (tertiary alicyclic amines) is 1. The molecular weight excluding hydrogens is 360 g/mol. The number of carboxylic acid groups (broad SMARTS) is 1. The maximum absolute atomic E-state index is 12.5. The number of benzene rings is 1. The molecule has 148 valence electrons. The molecule has 1 atom stereocenters. The van der Waals surface area contributed by atoms with Crippen LogP contribution in [0, 0.1) is 0 Å². The molecule has 1 unspecified atom stereocenters. The Kier molecular flexibility index (Phi) is 5.04. The molecule has 8 nitrogen and oxygen atoms in total. The normalized spacial score (nSPS) is 20.5. The largest absolute Gasteiger partial charge is 0.482 e. The van der Waals surface area contributed by atoms with E-state index in [4.69, 9.17) is 9.84 Å². The van der Waals surface area contributed by atoms with Gasteiger partial charge in [0.1, 0.15) is 11.6 Å². The lowest BCUT2D eigenvalue weighted by molar-refractivity contribution is -0.139. The van der Waals surface area contributed by atoms with Crippen LogP contribution < -0.4 is 10.1 Å². The topological polar surface area (TPSA) is 96.7 Å². The third-order valence-corrected chi connectivity index (χ3v) is 5.53. The van der Waals surface area contributed by atoms with Crippen molar-refractivity contribution in [3.63, 3.8) is 0 Å². The second-order valence-corrected chi connectivity index (χ2v) is 7.45. The second kappa shape index (κ2) is 7.63. The number of fused-ring (bicyclic) bond motifs is 1. The Labute approximate surface area is 163 Å². The Morgan fingerprint density at radius 2 is 2.04 bits per heavy atom. The first-order valence-electron chi connectivity index (χ1n) is 9.52. The summed E-state index contributed by atoms with van der Waals surface area (Å²) >= 11 is 0. The predicted molar refractivity (Wildman–Crippen MR) is 103 cm³/mol. The summed E-state index contributed by atoms with van der Waals surface area (Å²) in [5, 5.41) is 16.5. The van der Waals surface area contributed by atoms with Crippen LogP contribution in [-0.2, 0) is 9.59 Å². The van der Waals surface area contributed by atoms with Crippen LogP contribution in [0.2, 0.25) is 0 Å². The number of ether oxygens (including phenoxy) is 1. The van der Waals surface area contributed by atoms with Gasteiger partial charge in [0.05, 0.1) is 12.2 Å². The molecule has 0 bridgehead atoms. The van der Waals surface area contributed by atoms with E-state index >= 15 is 0 Å². The maximum atomic E-state index is 12.5. The summed E-state index contributed by atoms with van der Waals surface area (Å²) in [5.41, 5.74) is 1.76. The Morgan fingerprint density at radius 1 is 1.29 bits per heavy atom. The van der Waals surface area contributed by atoms with Gasteiger partial charge in [-0.15, -0.1) is 0 Å². The van der Waals surface area contributed by atoms with Gasteiger partial charge in [0.25, 0.3) is 0 Å². The fourth-order valence-corrected chi connectivity index (χ4v) is 4.07. The van der Waals surface area contributed by atoms with Crippen LogP contribution in [0.15, 0.2) is 30.5 Å². The van der Waals surface area contributed by atoms with Crippen LogP contribution in [0.25, 0.3) is 0 Å². The Balaban J connectivity index is 1.67. The van der Waals surface area contributed by atoms with E-state index in [-0.39, 0.29) is 24.3 Å². The number of amides is 1. The molecule has 1 aromatic carbocycles. The SMILES string of the molecule is CN1CCC(n2ncc3c2NC(=O)CC3c2ccccc2OCC(=O)O)CC1. The van der Waals surface area contributed by atoms with E-state index in [2.05, 4.69) is 22.4 Å². The monoisotopic (exact) mass is 384 g/mol. The molecule has 2 aliphatic heterocycles. The Morgan fingerprint density at radius 3 is 2.79 bits per heavy atom. The summed E-state index contributed by atoms with van der Waals surface area (Å²) < 4.78 is 7.42. The minimum atomic E-state index is -1.04. The van der Waals surface area contributed by atoms with Crippen LogP contribution in [-0.4, -0.2) is 58.4 Å². The second-order valence-electron chi connectivity index (χ2n) is 7.45. The van der Waals surface area contributed by atoms with Gasteiger partial charge in [-0.25, -0.2) is 9.48 Å². The van der Waals surface area contributed by atoms with E-state index < -0.39 is 12.6 Å². The highest BCUT2D eigenvalue weighted by atomic mass is 16.5. The average Bonchev–Trinajstić information content (AvgIpc) is 3.10. The number of anilines is 1. The van der Waals surface area contributed by atoms with E-state index in [1.807, 2.05) is 23.0 Å². The highest BCUT2D eigenvalue weighted by Crippen LogP contribution is 2.42. The lowest BCUT2D eigenvalue weighted by Gasteiger charge is -2.31. The van der Waals surface area contributed by atoms with Crippen molar-refractivity contribution >= 4 is 17.7 Å². The minimum Gasteiger partial charge on any atom is -0.482 e. The zero-order valence-corrected chi connectivity index (χ0v) is 15.8. The number of aromatic nitrogens is 2. The van der Waals surface area contributed by atoms with Crippen molar-refractivity contribution in [2.75, 3.05) is 32.1 Å². The number of carboxylic acids is 1. The molecule has 1 amide bonds. The third kappa shape index (κ3) is 3.60. The van der Waals surface area contributed by atoms with Crippen LogP contribution >= 0.6 is 0 Å². The molecule has 4 rings (SSSR count). The fourth-order valence-electron chi connectivity index (χ4n) is 4.07. The van der Waals surface area contributed by atoms with E-state index in [9.17, 15) is 9.59 Å². The molecule has 8 heteroatoms. The van der Waals surface area contributed by atoms with Gasteiger partial charge in [-0.3, -0.25) is 4.79 Å². The van der Waals surface area contributed by atoms with Gasteiger partial charge in [0.2, 0.25) is 5.91 Å². The number of para-hydroxylation sites is 1. The number of aliphatic carboxylic acids is 1. The van der Waals surface area contributed by atoms with Crippen molar-refractivity contribution in [1.82, 2.24) is 14.7 Å². The highest BCUT2D eigenvalue weighted by molar-refractivity contribution is 5.94. The van der Waals surface area contributed by atoms with Gasteiger partial charge in [-0.1, -0.05) is 18.2 Å². The van der Waals surface area contributed by atoms with Crippen molar-refractivity contribution in [3.8, 4) is 5.75 Å². The van der Waals surface area contributed by atoms with Crippen molar-refractivity contribution in [2.24, 2.45) is 0 Å². The number of piperidine rings is 1. The summed E-state index contributed by atoms with van der Waals surface area (Å²) in [6.45, 7) is 1.59. The molecule has 2 N–H and O–H groups in total. The lowest BCUT2D eigenvalue weighted by Crippen LogP contribution is -2.33. The number of nitrogens with zero attached hydrogens (tertiary/aromatic N) is 3. The molecule has 0 spiro atoms. The standard InChI is InChI=1S/C20H24N4O4/c1-23-8-6-13(7-9-23)24-20-16(11-21-24)15(10-18(25)22-20)14-4-2-3-5-17(14)28-12-19(26)27/h2-5,11,13,15H,6-10,12H2,1H3,(H,22,25)(H,26,27). The number of carbonyl (C=O) groups is 2. The first-order chi connectivity index (χ1) is 13.5. The molecule has 1 aromatic heterocycles. The molecule has 1 saturated heterocycles. The van der Waals surface area contributed by atoms with Crippen molar-refractivity contribution in [2.45, 2.75) is 31.2 Å². The van der Waals surface area contributed by atoms with Gasteiger partial charge in [-0.2, -0.15) is 5.10 Å². The molecule has 2 aliphatic rings. The summed E-state index contributed by atoms with van der Waals surface area (Å²) in [5.74, 6) is -0.0765. The first-order valence-corrected chi connectivity index (χ1v) is 9.52. The molecule has 0 saturated carbocycles. The van der Waals surface area contributed by atoms with Crippen molar-refractivity contribution in [3.05, 3.63) is 41.6 Å². The average molecular weight is 384 g/mol. The fraction of sp³-hybridized carbons (Fsp3) is 0.450. The van der Waals surface area contributed by atoms with Crippen molar-refractivity contribution < 1.29 is 19.4 Å². The Hall–Kier alpha value is -2.87. The number of hydrogen-bond donors (Lipinski definition) is 2. The highest BCUT2D eigenvalue weighted by Gasteiger charge is 2.33. The number of rotatable bonds is 5. The van der Waals surface area contributed by atoms with Crippen LogP contribution in [0.4, 0.5) is 5.82 Å². The molecule has 1 fully saturated rings. The molecule has 3 heterocycles. The Bertz CT molecular complexity index is 886. The molecule has 0 aliphatic carbocycles. The minimum absolute atomic E-state index is 0.0692. The maximum Gasteiger partial charge on any atom is 0.341 e. The molecule has 2 aromatic rings.